The molecule has 4 bridgehead atoms. The van der Waals surface area contributed by atoms with Gasteiger partial charge in [-0.15, -0.1) is 0 Å². The zero-order chi connectivity index (χ0) is 18.4. The Morgan fingerprint density at radius 3 is 2.46 bits per heavy atom. The molecule has 0 radical (unpaired) electrons. The van der Waals surface area contributed by atoms with Crippen LogP contribution >= 0.6 is 11.6 Å². The third-order valence-corrected chi connectivity index (χ3v) is 6.50. The van der Waals surface area contributed by atoms with E-state index < -0.39 is 10.9 Å². The Balaban J connectivity index is 1.71. The van der Waals surface area contributed by atoms with Crippen LogP contribution in [0.5, 0.6) is 0 Å². The molecule has 140 valence electrons. The number of rotatable bonds is 5. The van der Waals surface area contributed by atoms with Crippen LogP contribution in [0.3, 0.4) is 0 Å². The highest BCUT2D eigenvalue weighted by Crippen LogP contribution is 2.55. The van der Waals surface area contributed by atoms with Gasteiger partial charge in [-0.1, -0.05) is 11.6 Å². The number of pyridine rings is 1. The SMILES string of the molecule is CCOC(=O)c1cnc(Cl)c([N+](=O)[O-])c1NC1C2CC3CC(C2)CC1C3. The number of carbonyl (C=O) groups is 1. The number of nitro groups is 1. The monoisotopic (exact) mass is 379 g/mol. The van der Waals surface area contributed by atoms with E-state index >= 15 is 0 Å². The Bertz CT molecular complexity index is 726. The van der Waals surface area contributed by atoms with Gasteiger partial charge in [-0.25, -0.2) is 9.78 Å². The van der Waals surface area contributed by atoms with Gasteiger partial charge in [0.05, 0.1) is 11.5 Å². The second-order valence-electron chi connectivity index (χ2n) is 7.76. The molecule has 0 aliphatic heterocycles. The van der Waals surface area contributed by atoms with Crippen molar-refractivity contribution in [2.75, 3.05) is 11.9 Å². The van der Waals surface area contributed by atoms with E-state index in [4.69, 9.17) is 16.3 Å². The van der Waals surface area contributed by atoms with Crippen molar-refractivity contribution in [3.63, 3.8) is 0 Å². The minimum atomic E-state index is -0.619. The van der Waals surface area contributed by atoms with Crippen LogP contribution in [-0.2, 0) is 4.74 Å². The van der Waals surface area contributed by atoms with Crippen LogP contribution in [0.4, 0.5) is 11.4 Å². The molecule has 0 spiro atoms. The lowest BCUT2D eigenvalue weighted by atomic mass is 9.54. The Labute approximate surface area is 156 Å². The van der Waals surface area contributed by atoms with Gasteiger partial charge >= 0.3 is 11.7 Å². The van der Waals surface area contributed by atoms with Crippen molar-refractivity contribution in [2.45, 2.75) is 45.1 Å². The summed E-state index contributed by atoms with van der Waals surface area (Å²) in [6, 6.07) is 0.133. The first-order valence-corrected chi connectivity index (χ1v) is 9.62. The highest BCUT2D eigenvalue weighted by atomic mass is 35.5. The van der Waals surface area contributed by atoms with E-state index in [1.165, 1.54) is 12.6 Å². The Hall–Kier alpha value is -1.89. The van der Waals surface area contributed by atoms with Crippen molar-refractivity contribution in [3.8, 4) is 0 Å². The van der Waals surface area contributed by atoms with Crippen molar-refractivity contribution in [1.29, 1.82) is 0 Å². The number of nitrogens with zero attached hydrogens (tertiary/aromatic N) is 2. The smallest absolute Gasteiger partial charge is 0.342 e. The van der Waals surface area contributed by atoms with Crippen molar-refractivity contribution in [3.05, 3.63) is 27.0 Å². The van der Waals surface area contributed by atoms with Crippen LogP contribution in [0.25, 0.3) is 0 Å². The number of hydrogen-bond donors (Lipinski definition) is 1. The second kappa shape index (κ2) is 6.68. The molecule has 4 aliphatic rings. The highest BCUT2D eigenvalue weighted by Gasteiger charge is 2.49. The summed E-state index contributed by atoms with van der Waals surface area (Å²) in [5.74, 6) is 1.94. The molecule has 0 unspecified atom stereocenters. The normalized spacial score (nSPS) is 31.7. The second-order valence-corrected chi connectivity index (χ2v) is 8.12. The van der Waals surface area contributed by atoms with E-state index in [2.05, 4.69) is 10.3 Å². The maximum absolute atomic E-state index is 12.3. The first-order chi connectivity index (χ1) is 12.5. The summed E-state index contributed by atoms with van der Waals surface area (Å²) in [5.41, 5.74) is -0.103. The van der Waals surface area contributed by atoms with E-state index in [0.29, 0.717) is 11.8 Å². The van der Waals surface area contributed by atoms with Gasteiger partial charge < -0.3 is 10.1 Å². The third-order valence-electron chi connectivity index (χ3n) is 6.22. The number of esters is 1. The molecular weight excluding hydrogens is 358 g/mol. The largest absolute Gasteiger partial charge is 0.462 e. The van der Waals surface area contributed by atoms with Crippen LogP contribution in [0.15, 0.2) is 6.20 Å². The molecule has 0 aromatic carbocycles. The van der Waals surface area contributed by atoms with Crippen LogP contribution in [0.1, 0.15) is 49.4 Å². The average Bonchev–Trinajstić information content (AvgIpc) is 2.57. The number of ether oxygens (including phenoxy) is 1. The zero-order valence-electron chi connectivity index (χ0n) is 14.6. The molecule has 8 heteroatoms. The number of aromatic nitrogens is 1. The molecule has 4 aliphatic carbocycles. The molecule has 1 heterocycles. The van der Waals surface area contributed by atoms with Gasteiger partial charge in [-0.05, 0) is 62.7 Å². The number of carbonyl (C=O) groups excluding carboxylic acids is 1. The van der Waals surface area contributed by atoms with Crippen LogP contribution in [-0.4, -0.2) is 28.5 Å². The van der Waals surface area contributed by atoms with Crippen LogP contribution in [0, 0.1) is 33.8 Å². The Morgan fingerprint density at radius 1 is 1.31 bits per heavy atom. The fourth-order valence-electron chi connectivity index (χ4n) is 5.48. The lowest BCUT2D eigenvalue weighted by Gasteiger charge is -2.54. The molecule has 0 amide bonds. The topological polar surface area (TPSA) is 94.4 Å². The van der Waals surface area contributed by atoms with E-state index in [1.807, 2.05) is 0 Å². The number of anilines is 1. The first-order valence-electron chi connectivity index (χ1n) is 9.24. The molecule has 26 heavy (non-hydrogen) atoms. The quantitative estimate of drug-likeness (QED) is 0.359. The van der Waals surface area contributed by atoms with E-state index in [0.717, 1.165) is 37.5 Å². The maximum atomic E-state index is 12.3. The summed E-state index contributed by atoms with van der Waals surface area (Å²) in [7, 11) is 0. The van der Waals surface area contributed by atoms with E-state index in [1.54, 1.807) is 6.92 Å². The van der Waals surface area contributed by atoms with Crippen molar-refractivity contribution in [2.24, 2.45) is 23.7 Å². The Kier molecular flexibility index (Phi) is 4.50. The highest BCUT2D eigenvalue weighted by molar-refractivity contribution is 6.32. The zero-order valence-corrected chi connectivity index (χ0v) is 15.4. The maximum Gasteiger partial charge on any atom is 0.342 e. The Morgan fingerprint density at radius 2 is 1.92 bits per heavy atom. The van der Waals surface area contributed by atoms with Crippen molar-refractivity contribution in [1.82, 2.24) is 4.98 Å². The van der Waals surface area contributed by atoms with E-state index in [-0.39, 0.29) is 34.7 Å². The molecule has 5 rings (SSSR count). The minimum Gasteiger partial charge on any atom is -0.462 e. The molecule has 1 N–H and O–H groups in total. The van der Waals surface area contributed by atoms with Gasteiger partial charge in [-0.3, -0.25) is 10.1 Å². The van der Waals surface area contributed by atoms with Crippen molar-refractivity contribution >= 4 is 28.9 Å². The molecule has 1 aromatic rings. The van der Waals surface area contributed by atoms with Crippen LogP contribution < -0.4 is 5.32 Å². The molecule has 4 saturated carbocycles. The van der Waals surface area contributed by atoms with Crippen molar-refractivity contribution < 1.29 is 14.5 Å². The molecule has 0 saturated heterocycles. The van der Waals surface area contributed by atoms with Crippen LogP contribution in [0.2, 0.25) is 5.15 Å². The van der Waals surface area contributed by atoms with Gasteiger partial charge in [0.15, 0.2) is 0 Å². The number of hydrogen-bond acceptors (Lipinski definition) is 6. The summed E-state index contributed by atoms with van der Waals surface area (Å²) in [5, 5.41) is 14.8. The number of nitrogens with one attached hydrogen (secondary N) is 1. The average molecular weight is 380 g/mol. The summed E-state index contributed by atoms with van der Waals surface area (Å²) in [6.07, 6.45) is 7.23. The lowest BCUT2D eigenvalue weighted by Crippen LogP contribution is -2.51. The summed E-state index contributed by atoms with van der Waals surface area (Å²) < 4.78 is 5.07. The molecular formula is C18H22ClN3O4. The molecule has 0 atom stereocenters. The van der Waals surface area contributed by atoms with E-state index in [9.17, 15) is 14.9 Å². The predicted octanol–water partition coefficient (Wildman–Crippen LogP) is 4.06. The summed E-state index contributed by atoms with van der Waals surface area (Å²) in [6.45, 7) is 1.88. The molecule has 4 fully saturated rings. The van der Waals surface area contributed by atoms with Gasteiger partial charge in [0.2, 0.25) is 5.15 Å². The molecule has 1 aromatic heterocycles. The third kappa shape index (κ3) is 2.92. The van der Waals surface area contributed by atoms with Gasteiger partial charge in [0.25, 0.3) is 0 Å². The molecule has 7 nitrogen and oxygen atoms in total. The standard InChI is InChI=1S/C18H22ClN3O4/c1-2-26-18(23)13-8-20-17(19)16(22(24)25)15(13)21-14-11-4-9-3-10(6-11)7-12(14)5-9/h8-12,14H,2-7H2,1H3,(H,20,21). The fraction of sp³-hybridized carbons (Fsp3) is 0.667. The lowest BCUT2D eigenvalue weighted by molar-refractivity contribution is -0.384. The summed E-state index contributed by atoms with van der Waals surface area (Å²) in [4.78, 5) is 27.2. The number of halogens is 1. The predicted molar refractivity (Wildman–Crippen MR) is 96.3 cm³/mol. The van der Waals surface area contributed by atoms with Gasteiger partial charge in [-0.2, -0.15) is 0 Å². The van der Waals surface area contributed by atoms with Gasteiger partial charge in [0.1, 0.15) is 11.3 Å². The first kappa shape index (κ1) is 17.5. The fourth-order valence-corrected chi connectivity index (χ4v) is 5.69. The minimum absolute atomic E-state index is 0.0803. The summed E-state index contributed by atoms with van der Waals surface area (Å²) >= 11 is 6.00. The van der Waals surface area contributed by atoms with Gasteiger partial charge in [0, 0.05) is 12.2 Å².